The van der Waals surface area contributed by atoms with E-state index in [0.717, 1.165) is 22.4 Å². The number of nitro groups is 1. The number of benzene rings is 1. The minimum atomic E-state index is -1.08. The lowest BCUT2D eigenvalue weighted by Gasteiger charge is -2.11. The highest BCUT2D eigenvalue weighted by Gasteiger charge is 2.24. The number of halogens is 1. The maximum Gasteiger partial charge on any atom is 0.314 e. The normalized spacial score (nSPS) is 11.9. The van der Waals surface area contributed by atoms with Crippen molar-refractivity contribution >= 4 is 27.6 Å². The Bertz CT molecular complexity index is 675. The maximum atomic E-state index is 11.4. The fraction of sp³-hybridized carbons (Fsp3) is 0.154. The van der Waals surface area contributed by atoms with Gasteiger partial charge in [-0.2, -0.15) is 0 Å². The molecule has 7 nitrogen and oxygen atoms in total. The van der Waals surface area contributed by atoms with Crippen LogP contribution in [0.2, 0.25) is 0 Å². The number of carboxylic acids is 1. The van der Waals surface area contributed by atoms with Crippen LogP contribution in [0.1, 0.15) is 17.3 Å². The van der Waals surface area contributed by atoms with E-state index in [2.05, 4.69) is 25.9 Å². The maximum absolute atomic E-state index is 11.4. The molecule has 0 aliphatic carbocycles. The van der Waals surface area contributed by atoms with E-state index in [1.165, 1.54) is 0 Å². The standard InChI is InChI=1S/C13H10BrN3O4/c14-11-4-2-1-3-8(11)5-10(13(18)19)12-15-6-9(7-16-12)17(20)21/h1-4,6-7,10H,5H2,(H,18,19). The Kier molecular flexibility index (Phi) is 4.59. The van der Waals surface area contributed by atoms with Crippen LogP contribution in [0.25, 0.3) is 0 Å². The van der Waals surface area contributed by atoms with E-state index < -0.39 is 16.8 Å². The molecule has 1 aromatic heterocycles. The van der Waals surface area contributed by atoms with Crippen LogP contribution in [-0.4, -0.2) is 26.0 Å². The molecule has 0 spiro atoms. The first-order valence-corrected chi connectivity index (χ1v) is 6.71. The van der Waals surface area contributed by atoms with E-state index in [-0.39, 0.29) is 17.9 Å². The third-order valence-electron chi connectivity index (χ3n) is 2.86. The molecular weight excluding hydrogens is 342 g/mol. The Hall–Kier alpha value is -2.35. The first-order valence-electron chi connectivity index (χ1n) is 5.91. The van der Waals surface area contributed by atoms with Crippen molar-refractivity contribution in [3.63, 3.8) is 0 Å². The molecule has 8 heteroatoms. The van der Waals surface area contributed by atoms with Crippen molar-refractivity contribution in [1.82, 2.24) is 9.97 Å². The van der Waals surface area contributed by atoms with E-state index in [1.807, 2.05) is 12.1 Å². The van der Waals surface area contributed by atoms with Crippen molar-refractivity contribution in [3.8, 4) is 0 Å². The molecule has 1 aromatic carbocycles. The summed E-state index contributed by atoms with van der Waals surface area (Å²) in [6, 6.07) is 7.23. The van der Waals surface area contributed by atoms with E-state index in [0.29, 0.717) is 0 Å². The Morgan fingerprint density at radius 3 is 2.48 bits per heavy atom. The van der Waals surface area contributed by atoms with Crippen LogP contribution in [0, 0.1) is 10.1 Å². The van der Waals surface area contributed by atoms with Gasteiger partial charge in [-0.3, -0.25) is 14.9 Å². The van der Waals surface area contributed by atoms with Crippen molar-refractivity contribution in [1.29, 1.82) is 0 Å². The van der Waals surface area contributed by atoms with Gasteiger partial charge in [-0.25, -0.2) is 9.97 Å². The molecule has 1 heterocycles. The van der Waals surface area contributed by atoms with Gasteiger partial charge in [0.05, 0.1) is 4.92 Å². The molecule has 0 saturated heterocycles. The topological polar surface area (TPSA) is 106 Å². The summed E-state index contributed by atoms with van der Waals surface area (Å²) in [5, 5.41) is 19.9. The largest absolute Gasteiger partial charge is 0.481 e. The van der Waals surface area contributed by atoms with Gasteiger partial charge >= 0.3 is 11.7 Å². The second kappa shape index (κ2) is 6.40. The summed E-state index contributed by atoms with van der Waals surface area (Å²) in [6.07, 6.45) is 2.21. The summed E-state index contributed by atoms with van der Waals surface area (Å²) >= 11 is 3.35. The number of hydrogen-bond acceptors (Lipinski definition) is 5. The van der Waals surface area contributed by atoms with Gasteiger partial charge in [0, 0.05) is 4.47 Å². The predicted octanol–water partition coefficient (Wildman–Crippen LogP) is 2.56. The molecule has 0 amide bonds. The number of aliphatic carboxylic acids is 1. The van der Waals surface area contributed by atoms with Crippen molar-refractivity contribution < 1.29 is 14.8 Å². The SMILES string of the molecule is O=C(O)C(Cc1ccccc1Br)c1ncc([N+](=O)[O-])cn1. The zero-order chi connectivity index (χ0) is 15.4. The summed E-state index contributed by atoms with van der Waals surface area (Å²) in [4.78, 5) is 28.9. The van der Waals surface area contributed by atoms with Crippen LogP contribution in [0.5, 0.6) is 0 Å². The molecule has 1 N–H and O–H groups in total. The van der Waals surface area contributed by atoms with Crippen molar-refractivity contribution in [2.45, 2.75) is 12.3 Å². The Morgan fingerprint density at radius 1 is 1.33 bits per heavy atom. The molecule has 2 aromatic rings. The number of rotatable bonds is 5. The highest BCUT2D eigenvalue weighted by molar-refractivity contribution is 9.10. The Morgan fingerprint density at radius 2 is 1.95 bits per heavy atom. The second-order valence-electron chi connectivity index (χ2n) is 4.24. The lowest BCUT2D eigenvalue weighted by atomic mass is 9.98. The lowest BCUT2D eigenvalue weighted by Crippen LogP contribution is -2.17. The smallest absolute Gasteiger partial charge is 0.314 e. The highest BCUT2D eigenvalue weighted by Crippen LogP contribution is 2.24. The molecule has 0 aliphatic rings. The monoisotopic (exact) mass is 351 g/mol. The van der Waals surface area contributed by atoms with Crippen LogP contribution in [-0.2, 0) is 11.2 Å². The van der Waals surface area contributed by atoms with Gasteiger partial charge < -0.3 is 5.11 Å². The van der Waals surface area contributed by atoms with E-state index in [9.17, 15) is 20.0 Å². The molecule has 1 atom stereocenters. The van der Waals surface area contributed by atoms with Crippen molar-refractivity contribution in [3.05, 3.63) is 62.6 Å². The predicted molar refractivity (Wildman–Crippen MR) is 76.9 cm³/mol. The first-order chi connectivity index (χ1) is 9.99. The molecule has 0 bridgehead atoms. The average molecular weight is 352 g/mol. The summed E-state index contributed by atoms with van der Waals surface area (Å²) in [5.41, 5.74) is 0.524. The third-order valence-corrected chi connectivity index (χ3v) is 3.63. The van der Waals surface area contributed by atoms with Gasteiger partial charge in [0.25, 0.3) is 0 Å². The van der Waals surface area contributed by atoms with E-state index in [4.69, 9.17) is 0 Å². The fourth-order valence-electron chi connectivity index (χ4n) is 1.78. The van der Waals surface area contributed by atoms with Crippen LogP contribution >= 0.6 is 15.9 Å². The van der Waals surface area contributed by atoms with Gasteiger partial charge in [0.2, 0.25) is 0 Å². The van der Waals surface area contributed by atoms with Gasteiger partial charge in [-0.05, 0) is 18.1 Å². The fourth-order valence-corrected chi connectivity index (χ4v) is 2.22. The molecule has 0 radical (unpaired) electrons. The van der Waals surface area contributed by atoms with Gasteiger partial charge in [-0.1, -0.05) is 34.1 Å². The number of nitrogens with zero attached hydrogens (tertiary/aromatic N) is 3. The number of hydrogen-bond donors (Lipinski definition) is 1. The summed E-state index contributed by atoms with van der Waals surface area (Å²) < 4.78 is 0.790. The summed E-state index contributed by atoms with van der Waals surface area (Å²) in [6.45, 7) is 0. The molecular formula is C13H10BrN3O4. The number of carbonyl (C=O) groups is 1. The Labute approximate surface area is 127 Å². The van der Waals surface area contributed by atoms with Gasteiger partial charge in [0.1, 0.15) is 24.1 Å². The Balaban J connectivity index is 2.29. The summed E-state index contributed by atoms with van der Waals surface area (Å²) in [7, 11) is 0. The zero-order valence-electron chi connectivity index (χ0n) is 10.6. The van der Waals surface area contributed by atoms with Crippen LogP contribution in [0.3, 0.4) is 0 Å². The second-order valence-corrected chi connectivity index (χ2v) is 5.10. The molecule has 2 rings (SSSR count). The van der Waals surface area contributed by atoms with Crippen LogP contribution in [0.4, 0.5) is 5.69 Å². The van der Waals surface area contributed by atoms with Crippen LogP contribution < -0.4 is 0 Å². The third kappa shape index (κ3) is 3.60. The number of carboxylic acid groups (broad SMARTS) is 1. The molecule has 0 saturated carbocycles. The highest BCUT2D eigenvalue weighted by atomic mass is 79.9. The van der Waals surface area contributed by atoms with Crippen LogP contribution in [0.15, 0.2) is 41.1 Å². The molecule has 0 fully saturated rings. The van der Waals surface area contributed by atoms with Gasteiger partial charge in [0.15, 0.2) is 0 Å². The number of aromatic nitrogens is 2. The first kappa shape index (κ1) is 15.0. The van der Waals surface area contributed by atoms with Crippen molar-refractivity contribution in [2.24, 2.45) is 0 Å². The average Bonchev–Trinajstić information content (AvgIpc) is 2.46. The lowest BCUT2D eigenvalue weighted by molar-refractivity contribution is -0.385. The quantitative estimate of drug-likeness (QED) is 0.655. The minimum Gasteiger partial charge on any atom is -0.481 e. The summed E-state index contributed by atoms with van der Waals surface area (Å²) in [5.74, 6) is -2.01. The zero-order valence-corrected chi connectivity index (χ0v) is 12.2. The van der Waals surface area contributed by atoms with Crippen molar-refractivity contribution in [2.75, 3.05) is 0 Å². The minimum absolute atomic E-state index is 0.0452. The molecule has 108 valence electrons. The molecule has 21 heavy (non-hydrogen) atoms. The van der Waals surface area contributed by atoms with E-state index in [1.54, 1.807) is 12.1 Å². The van der Waals surface area contributed by atoms with Gasteiger partial charge in [-0.15, -0.1) is 0 Å². The van der Waals surface area contributed by atoms with E-state index >= 15 is 0 Å². The molecule has 0 aliphatic heterocycles. The molecule has 1 unspecified atom stereocenters.